The van der Waals surface area contributed by atoms with E-state index in [9.17, 15) is 19.6 Å². The zero-order valence-corrected chi connectivity index (χ0v) is 27.4. The lowest BCUT2D eigenvalue weighted by Crippen LogP contribution is -2.35. The normalized spacial score (nSPS) is 11.5. The zero-order valence-electron chi connectivity index (χ0n) is 27.4. The van der Waals surface area contributed by atoms with Gasteiger partial charge in [0.15, 0.2) is 0 Å². The number of quaternary nitrogens is 1. The summed E-state index contributed by atoms with van der Waals surface area (Å²) in [4.78, 5) is 35.8. The standard InChI is InChI=1S/C34H67N3O4/c1-4-5-6-7-8-9-10-11-12-13-14-15-16-17-18-19-20-21-22-26-33(39)35-29-23-25-32(38)27-28-34(40)36-30-24-31-37(2,3)41/h4-31H2,1-3H3,(H,35,39)(H,36,40). The predicted octanol–water partition coefficient (Wildman–Crippen LogP) is 8.13. The van der Waals surface area contributed by atoms with Crippen molar-refractivity contribution >= 4 is 17.6 Å². The van der Waals surface area contributed by atoms with Crippen LogP contribution in [0.5, 0.6) is 0 Å². The third-order valence-electron chi connectivity index (χ3n) is 7.79. The summed E-state index contributed by atoms with van der Waals surface area (Å²) in [7, 11) is 3.15. The third-order valence-corrected chi connectivity index (χ3v) is 7.79. The largest absolute Gasteiger partial charge is 0.633 e. The van der Waals surface area contributed by atoms with E-state index in [1.165, 1.54) is 109 Å². The molecule has 0 saturated heterocycles. The first-order valence-corrected chi connectivity index (χ1v) is 17.3. The third kappa shape index (κ3) is 32.9. The molecule has 0 bridgehead atoms. The van der Waals surface area contributed by atoms with Crippen molar-refractivity contribution in [1.82, 2.24) is 10.6 Å². The van der Waals surface area contributed by atoms with E-state index in [4.69, 9.17) is 0 Å². The van der Waals surface area contributed by atoms with Crippen LogP contribution >= 0.6 is 0 Å². The van der Waals surface area contributed by atoms with Crippen LogP contribution in [0, 0.1) is 5.21 Å². The van der Waals surface area contributed by atoms with Crippen molar-refractivity contribution in [3.63, 3.8) is 0 Å². The second-order valence-corrected chi connectivity index (χ2v) is 12.6. The fourth-order valence-corrected chi connectivity index (χ4v) is 5.12. The summed E-state index contributed by atoms with van der Waals surface area (Å²) >= 11 is 0. The molecule has 0 aromatic rings. The van der Waals surface area contributed by atoms with Gasteiger partial charge in [0.25, 0.3) is 0 Å². The van der Waals surface area contributed by atoms with Crippen LogP contribution in [0.3, 0.4) is 0 Å². The predicted molar refractivity (Wildman–Crippen MR) is 172 cm³/mol. The molecule has 242 valence electrons. The van der Waals surface area contributed by atoms with Gasteiger partial charge in [0, 0.05) is 45.2 Å². The van der Waals surface area contributed by atoms with Gasteiger partial charge in [-0.05, 0) is 12.8 Å². The second-order valence-electron chi connectivity index (χ2n) is 12.6. The smallest absolute Gasteiger partial charge is 0.220 e. The van der Waals surface area contributed by atoms with Crippen molar-refractivity contribution in [3.8, 4) is 0 Å². The molecule has 0 aliphatic heterocycles. The van der Waals surface area contributed by atoms with Gasteiger partial charge < -0.3 is 20.5 Å². The number of carbonyl (C=O) groups excluding carboxylic acids is 3. The molecule has 0 aliphatic carbocycles. The first-order chi connectivity index (χ1) is 19.7. The average Bonchev–Trinajstić information content (AvgIpc) is 2.93. The van der Waals surface area contributed by atoms with Gasteiger partial charge >= 0.3 is 0 Å². The van der Waals surface area contributed by atoms with Crippen molar-refractivity contribution in [3.05, 3.63) is 5.21 Å². The lowest BCUT2D eigenvalue weighted by molar-refractivity contribution is -0.840. The second kappa shape index (κ2) is 28.6. The molecule has 0 spiro atoms. The van der Waals surface area contributed by atoms with Crippen molar-refractivity contribution in [2.24, 2.45) is 0 Å². The minimum atomic E-state index is -0.371. The number of nitrogens with zero attached hydrogens (tertiary/aromatic N) is 1. The summed E-state index contributed by atoms with van der Waals surface area (Å²) in [6.07, 6.45) is 28.1. The van der Waals surface area contributed by atoms with Crippen molar-refractivity contribution < 1.29 is 19.0 Å². The SMILES string of the molecule is CCCCCCCCCCCCCCCCCCCCCC(=O)NCCCC(=O)CCC(=O)NCCC[N+](C)(C)[O-]. The fourth-order valence-electron chi connectivity index (χ4n) is 5.12. The van der Waals surface area contributed by atoms with Gasteiger partial charge in [-0.3, -0.25) is 14.4 Å². The van der Waals surface area contributed by atoms with Gasteiger partial charge in [0.1, 0.15) is 5.78 Å². The highest BCUT2D eigenvalue weighted by atomic mass is 16.5. The molecule has 0 aromatic heterocycles. The van der Waals surface area contributed by atoms with Gasteiger partial charge in [-0.15, -0.1) is 0 Å². The highest BCUT2D eigenvalue weighted by Crippen LogP contribution is 2.15. The molecule has 0 aromatic carbocycles. The number of unbranched alkanes of at least 4 members (excludes halogenated alkanes) is 18. The fraction of sp³-hybridized carbons (Fsp3) is 0.912. The molecular formula is C34H67N3O4. The van der Waals surface area contributed by atoms with Gasteiger partial charge in [-0.1, -0.05) is 122 Å². The quantitative estimate of drug-likeness (QED) is 0.0490. The van der Waals surface area contributed by atoms with Crippen LogP contribution in [-0.2, 0) is 14.4 Å². The topological polar surface area (TPSA) is 98.3 Å². The molecule has 0 fully saturated rings. The Kier molecular flexibility index (Phi) is 27.6. The minimum Gasteiger partial charge on any atom is -0.633 e. The van der Waals surface area contributed by atoms with Crippen LogP contribution in [0.1, 0.15) is 167 Å². The Morgan fingerprint density at radius 3 is 1.32 bits per heavy atom. The molecular weight excluding hydrogens is 514 g/mol. The number of hydrogen-bond acceptors (Lipinski definition) is 4. The van der Waals surface area contributed by atoms with Crippen LogP contribution in [0.15, 0.2) is 0 Å². The van der Waals surface area contributed by atoms with E-state index in [0.717, 1.165) is 12.8 Å². The molecule has 7 heteroatoms. The molecule has 2 N–H and O–H groups in total. The molecule has 0 saturated carbocycles. The van der Waals surface area contributed by atoms with Crippen molar-refractivity contribution in [2.45, 2.75) is 167 Å². The lowest BCUT2D eigenvalue weighted by Gasteiger charge is -2.33. The monoisotopic (exact) mass is 582 g/mol. The molecule has 0 atom stereocenters. The summed E-state index contributed by atoms with van der Waals surface area (Å²) in [6.45, 7) is 3.70. The molecule has 0 heterocycles. The van der Waals surface area contributed by atoms with Crippen LogP contribution in [0.2, 0.25) is 0 Å². The summed E-state index contributed by atoms with van der Waals surface area (Å²) in [6, 6.07) is 0. The summed E-state index contributed by atoms with van der Waals surface area (Å²) in [5.74, 6) is -0.0308. The van der Waals surface area contributed by atoms with Gasteiger partial charge in [0.05, 0.1) is 20.6 Å². The van der Waals surface area contributed by atoms with E-state index in [2.05, 4.69) is 17.6 Å². The molecule has 7 nitrogen and oxygen atoms in total. The maximum atomic E-state index is 12.0. The van der Waals surface area contributed by atoms with Crippen LogP contribution in [0.4, 0.5) is 0 Å². The maximum absolute atomic E-state index is 12.0. The van der Waals surface area contributed by atoms with Crippen LogP contribution in [-0.4, -0.2) is 56.0 Å². The number of hydroxylamine groups is 3. The van der Waals surface area contributed by atoms with Gasteiger partial charge in [-0.2, -0.15) is 0 Å². The maximum Gasteiger partial charge on any atom is 0.220 e. The number of carbonyl (C=O) groups is 3. The minimum absolute atomic E-state index is 0.0468. The molecule has 0 aliphatic rings. The van der Waals surface area contributed by atoms with Gasteiger partial charge in [0.2, 0.25) is 11.8 Å². The summed E-state index contributed by atoms with van der Waals surface area (Å²) < 4.78 is -0.371. The van der Waals surface area contributed by atoms with E-state index in [0.29, 0.717) is 45.3 Å². The Morgan fingerprint density at radius 2 is 0.878 bits per heavy atom. The van der Waals surface area contributed by atoms with Crippen molar-refractivity contribution in [2.75, 3.05) is 33.7 Å². The Bertz CT molecular complexity index is 634. The number of ketones is 1. The van der Waals surface area contributed by atoms with E-state index in [1.54, 1.807) is 14.1 Å². The van der Waals surface area contributed by atoms with E-state index in [-0.39, 0.29) is 35.1 Å². The number of amides is 2. The number of hydrogen-bond donors (Lipinski definition) is 2. The summed E-state index contributed by atoms with van der Waals surface area (Å²) in [5.41, 5.74) is 0. The average molecular weight is 582 g/mol. The highest BCUT2D eigenvalue weighted by Gasteiger charge is 2.08. The first-order valence-electron chi connectivity index (χ1n) is 17.3. The van der Waals surface area contributed by atoms with E-state index in [1.807, 2.05) is 0 Å². The van der Waals surface area contributed by atoms with Crippen LogP contribution in [0.25, 0.3) is 0 Å². The Labute approximate surface area is 253 Å². The lowest BCUT2D eigenvalue weighted by atomic mass is 10.0. The molecule has 41 heavy (non-hydrogen) atoms. The molecule has 0 radical (unpaired) electrons. The molecule has 2 amide bonds. The highest BCUT2D eigenvalue weighted by molar-refractivity contribution is 5.84. The zero-order chi connectivity index (χ0) is 30.4. The summed E-state index contributed by atoms with van der Waals surface area (Å²) in [5, 5.41) is 17.1. The molecule has 0 rings (SSSR count). The van der Waals surface area contributed by atoms with E-state index >= 15 is 0 Å². The van der Waals surface area contributed by atoms with Gasteiger partial charge in [-0.25, -0.2) is 0 Å². The Balaban J connectivity index is 3.35. The number of nitrogens with one attached hydrogen (secondary N) is 2. The molecule has 0 unspecified atom stereocenters. The number of rotatable bonds is 31. The Morgan fingerprint density at radius 1 is 0.488 bits per heavy atom. The van der Waals surface area contributed by atoms with E-state index < -0.39 is 0 Å². The van der Waals surface area contributed by atoms with Crippen molar-refractivity contribution in [1.29, 1.82) is 0 Å². The first kappa shape index (κ1) is 39.5. The Hall–Kier alpha value is -1.47. The number of Topliss-reactive ketones (excluding diaryl/α,β-unsaturated/α-hetero) is 1. The van der Waals surface area contributed by atoms with Crippen LogP contribution < -0.4 is 10.6 Å².